The molecule has 3 heteroatoms. The van der Waals surface area contributed by atoms with Crippen LogP contribution in [0.3, 0.4) is 0 Å². The maximum absolute atomic E-state index is 5.90. The highest BCUT2D eigenvalue weighted by Crippen LogP contribution is 2.45. The summed E-state index contributed by atoms with van der Waals surface area (Å²) in [6.07, 6.45) is 7.40. The van der Waals surface area contributed by atoms with Gasteiger partial charge in [0.2, 0.25) is 0 Å². The first-order valence-electron chi connectivity index (χ1n) is 7.42. The Bertz CT molecular complexity index is 582. The van der Waals surface area contributed by atoms with Gasteiger partial charge < -0.3 is 10.1 Å². The Labute approximate surface area is 120 Å². The van der Waals surface area contributed by atoms with E-state index in [1.54, 1.807) is 0 Å². The van der Waals surface area contributed by atoms with Crippen molar-refractivity contribution in [1.82, 2.24) is 10.3 Å². The largest absolute Gasteiger partial charge is 0.376 e. The van der Waals surface area contributed by atoms with Gasteiger partial charge in [0, 0.05) is 24.9 Å². The van der Waals surface area contributed by atoms with Gasteiger partial charge in [-0.25, -0.2) is 0 Å². The molecule has 2 aromatic rings. The number of hydrogen-bond donors (Lipinski definition) is 1. The Kier molecular flexibility index (Phi) is 3.72. The molecule has 1 fully saturated rings. The maximum atomic E-state index is 5.90. The highest BCUT2D eigenvalue weighted by molar-refractivity contribution is 5.85. The summed E-state index contributed by atoms with van der Waals surface area (Å²) in [7, 11) is 1.84. The third-order valence-corrected chi connectivity index (χ3v) is 4.55. The van der Waals surface area contributed by atoms with Crippen LogP contribution < -0.4 is 5.32 Å². The van der Waals surface area contributed by atoms with Gasteiger partial charge in [0.05, 0.1) is 11.6 Å². The quantitative estimate of drug-likeness (QED) is 0.903. The lowest BCUT2D eigenvalue weighted by Gasteiger charge is -2.47. The SMILES string of the molecule is CCNC(c1cncc2ccccc12)C1(OC)CCC1. The van der Waals surface area contributed by atoms with Gasteiger partial charge in [0.15, 0.2) is 0 Å². The monoisotopic (exact) mass is 270 g/mol. The predicted molar refractivity (Wildman–Crippen MR) is 81.8 cm³/mol. The predicted octanol–water partition coefficient (Wildman–Crippen LogP) is 3.45. The standard InChI is InChI=1S/C17H22N2O/c1-3-19-16(17(20-2)9-6-10-17)15-12-18-11-13-7-4-5-8-14(13)15/h4-5,7-8,11-12,16,19H,3,6,9-10H2,1-2H3. The van der Waals surface area contributed by atoms with Crippen molar-refractivity contribution in [1.29, 1.82) is 0 Å². The van der Waals surface area contributed by atoms with E-state index in [0.717, 1.165) is 19.4 Å². The molecule has 0 bridgehead atoms. The van der Waals surface area contributed by atoms with Crippen molar-refractivity contribution in [2.75, 3.05) is 13.7 Å². The van der Waals surface area contributed by atoms with Gasteiger partial charge in [-0.15, -0.1) is 0 Å². The second-order valence-corrected chi connectivity index (χ2v) is 5.56. The van der Waals surface area contributed by atoms with Crippen LogP contribution >= 0.6 is 0 Å². The zero-order valence-electron chi connectivity index (χ0n) is 12.2. The van der Waals surface area contributed by atoms with Crippen LogP contribution in [0.5, 0.6) is 0 Å². The molecule has 20 heavy (non-hydrogen) atoms. The van der Waals surface area contributed by atoms with Crippen molar-refractivity contribution in [2.24, 2.45) is 0 Å². The molecule has 1 N–H and O–H groups in total. The van der Waals surface area contributed by atoms with Crippen molar-refractivity contribution in [3.8, 4) is 0 Å². The zero-order chi connectivity index (χ0) is 14.0. The molecule has 0 radical (unpaired) electrons. The Balaban J connectivity index is 2.10. The zero-order valence-corrected chi connectivity index (χ0v) is 12.2. The highest BCUT2D eigenvalue weighted by Gasteiger charge is 2.45. The molecule has 1 aromatic carbocycles. The summed E-state index contributed by atoms with van der Waals surface area (Å²) in [4.78, 5) is 4.43. The van der Waals surface area contributed by atoms with Gasteiger partial charge in [-0.05, 0) is 36.8 Å². The van der Waals surface area contributed by atoms with Gasteiger partial charge in [0.1, 0.15) is 0 Å². The maximum Gasteiger partial charge on any atom is 0.0873 e. The molecule has 1 saturated carbocycles. The minimum atomic E-state index is -0.0676. The third-order valence-electron chi connectivity index (χ3n) is 4.55. The molecule has 3 rings (SSSR count). The summed E-state index contributed by atoms with van der Waals surface area (Å²) in [5.41, 5.74) is 1.19. The Hall–Kier alpha value is -1.45. The van der Waals surface area contributed by atoms with Crippen LogP contribution in [0, 0.1) is 0 Å². The summed E-state index contributed by atoms with van der Waals surface area (Å²) in [5, 5.41) is 6.09. The highest BCUT2D eigenvalue weighted by atomic mass is 16.5. The van der Waals surface area contributed by atoms with E-state index in [2.05, 4.69) is 41.5 Å². The summed E-state index contributed by atoms with van der Waals surface area (Å²) in [6.45, 7) is 3.08. The summed E-state index contributed by atoms with van der Waals surface area (Å²) in [6, 6.07) is 8.67. The summed E-state index contributed by atoms with van der Waals surface area (Å²) in [5.74, 6) is 0. The smallest absolute Gasteiger partial charge is 0.0873 e. The first-order valence-corrected chi connectivity index (χ1v) is 7.42. The Morgan fingerprint density at radius 3 is 2.75 bits per heavy atom. The summed E-state index contributed by atoms with van der Waals surface area (Å²) < 4.78 is 5.90. The topological polar surface area (TPSA) is 34.2 Å². The van der Waals surface area contributed by atoms with E-state index >= 15 is 0 Å². The number of pyridine rings is 1. The lowest BCUT2D eigenvalue weighted by Crippen LogP contribution is -2.50. The van der Waals surface area contributed by atoms with Gasteiger partial charge >= 0.3 is 0 Å². The lowest BCUT2D eigenvalue weighted by molar-refractivity contribution is -0.0992. The van der Waals surface area contributed by atoms with E-state index in [1.807, 2.05) is 19.5 Å². The number of nitrogens with zero attached hydrogens (tertiary/aromatic N) is 1. The molecular formula is C17H22N2O. The number of nitrogens with one attached hydrogen (secondary N) is 1. The van der Waals surface area contributed by atoms with E-state index in [0.29, 0.717) is 0 Å². The van der Waals surface area contributed by atoms with E-state index < -0.39 is 0 Å². The van der Waals surface area contributed by atoms with E-state index in [4.69, 9.17) is 4.74 Å². The normalized spacial score (nSPS) is 18.7. The first kappa shape index (κ1) is 13.5. The van der Waals surface area contributed by atoms with Crippen molar-refractivity contribution in [3.63, 3.8) is 0 Å². The Morgan fingerprint density at radius 1 is 1.30 bits per heavy atom. The molecule has 1 aliphatic rings. The molecule has 1 aromatic heterocycles. The molecule has 1 unspecified atom stereocenters. The number of likely N-dealkylation sites (N-methyl/N-ethyl adjacent to an activating group) is 1. The van der Waals surface area contributed by atoms with E-state index in [-0.39, 0.29) is 11.6 Å². The number of rotatable bonds is 5. The molecule has 0 spiro atoms. The minimum Gasteiger partial charge on any atom is -0.376 e. The number of aromatic nitrogens is 1. The fourth-order valence-electron chi connectivity index (χ4n) is 3.29. The van der Waals surface area contributed by atoms with Gasteiger partial charge in [-0.3, -0.25) is 4.98 Å². The molecule has 3 nitrogen and oxygen atoms in total. The van der Waals surface area contributed by atoms with E-state index in [1.165, 1.54) is 22.8 Å². The fourth-order valence-corrected chi connectivity index (χ4v) is 3.29. The van der Waals surface area contributed by atoms with Crippen LogP contribution in [0.1, 0.15) is 37.8 Å². The average Bonchev–Trinajstić information content (AvgIpc) is 2.45. The first-order chi connectivity index (χ1) is 9.80. The second kappa shape index (κ2) is 5.51. The van der Waals surface area contributed by atoms with Gasteiger partial charge in [0.25, 0.3) is 0 Å². The van der Waals surface area contributed by atoms with Crippen LogP contribution in [0.15, 0.2) is 36.7 Å². The molecule has 0 amide bonds. The fraction of sp³-hybridized carbons (Fsp3) is 0.471. The molecule has 1 aliphatic carbocycles. The molecule has 106 valence electrons. The van der Waals surface area contributed by atoms with Crippen LogP contribution in [0.2, 0.25) is 0 Å². The lowest BCUT2D eigenvalue weighted by atomic mass is 9.72. The molecule has 0 saturated heterocycles. The van der Waals surface area contributed by atoms with Gasteiger partial charge in [-0.1, -0.05) is 31.2 Å². The number of benzene rings is 1. The van der Waals surface area contributed by atoms with Crippen LogP contribution in [-0.4, -0.2) is 24.2 Å². The van der Waals surface area contributed by atoms with Crippen molar-refractivity contribution in [2.45, 2.75) is 37.8 Å². The number of ether oxygens (including phenoxy) is 1. The van der Waals surface area contributed by atoms with Crippen LogP contribution in [0.25, 0.3) is 10.8 Å². The van der Waals surface area contributed by atoms with Crippen LogP contribution in [-0.2, 0) is 4.74 Å². The summed E-state index contributed by atoms with van der Waals surface area (Å²) >= 11 is 0. The number of fused-ring (bicyclic) bond motifs is 1. The van der Waals surface area contributed by atoms with Crippen molar-refractivity contribution >= 4 is 10.8 Å². The van der Waals surface area contributed by atoms with E-state index in [9.17, 15) is 0 Å². The molecule has 1 atom stereocenters. The minimum absolute atomic E-state index is 0.0676. The number of methoxy groups -OCH3 is 1. The van der Waals surface area contributed by atoms with Gasteiger partial charge in [-0.2, -0.15) is 0 Å². The molecule has 0 aliphatic heterocycles. The Morgan fingerprint density at radius 2 is 2.10 bits per heavy atom. The third kappa shape index (κ3) is 2.11. The number of hydrogen-bond acceptors (Lipinski definition) is 3. The average molecular weight is 270 g/mol. The molecule has 1 heterocycles. The molecular weight excluding hydrogens is 248 g/mol. The second-order valence-electron chi connectivity index (χ2n) is 5.56. The van der Waals surface area contributed by atoms with Crippen LogP contribution in [0.4, 0.5) is 0 Å². The van der Waals surface area contributed by atoms with Crippen molar-refractivity contribution < 1.29 is 4.74 Å². The van der Waals surface area contributed by atoms with Crippen molar-refractivity contribution in [3.05, 3.63) is 42.2 Å².